The minimum absolute atomic E-state index is 0.0661. The zero-order valence-electron chi connectivity index (χ0n) is 17.8. The summed E-state index contributed by atoms with van der Waals surface area (Å²) >= 11 is 0. The lowest BCUT2D eigenvalue weighted by atomic mass is 10.0. The zero-order chi connectivity index (χ0) is 24.8. The molecule has 32 heavy (non-hydrogen) atoms. The summed E-state index contributed by atoms with van der Waals surface area (Å²) in [6, 6.07) is -5.59. The minimum Gasteiger partial charge on any atom is -0.481 e. The first-order chi connectivity index (χ1) is 14.9. The average Bonchev–Trinajstić information content (AvgIpc) is 2.72. The lowest BCUT2D eigenvalue weighted by Gasteiger charge is -2.26. The maximum atomic E-state index is 12.6. The van der Waals surface area contributed by atoms with E-state index >= 15 is 0 Å². The van der Waals surface area contributed by atoms with Gasteiger partial charge >= 0.3 is 11.9 Å². The highest BCUT2D eigenvalue weighted by Gasteiger charge is 2.32. The molecule has 11 N–H and O–H groups in total. The van der Waals surface area contributed by atoms with Crippen LogP contribution in [0.1, 0.15) is 39.0 Å². The van der Waals surface area contributed by atoms with E-state index in [9.17, 15) is 34.2 Å². The molecule has 0 aliphatic carbocycles. The fraction of sp³-hybridized carbons (Fsp3) is 0.722. The van der Waals surface area contributed by atoms with E-state index < -0.39 is 73.0 Å². The summed E-state index contributed by atoms with van der Waals surface area (Å²) in [4.78, 5) is 59.2. The molecule has 0 radical (unpaired) electrons. The number of carbonyl (C=O) groups is 5. The molecular formula is C18H33N5O9. The topological polar surface area (TPSA) is 254 Å². The van der Waals surface area contributed by atoms with Crippen LogP contribution in [0.3, 0.4) is 0 Å². The van der Waals surface area contributed by atoms with Gasteiger partial charge in [0, 0.05) is 6.42 Å². The Bertz CT molecular complexity index is 659. The Morgan fingerprint density at radius 1 is 0.875 bits per heavy atom. The Hall–Kier alpha value is -2.81. The van der Waals surface area contributed by atoms with Crippen molar-refractivity contribution in [2.75, 3.05) is 13.2 Å². The number of nitrogens with one attached hydrogen (secondary N) is 3. The van der Waals surface area contributed by atoms with Crippen molar-refractivity contribution in [3.63, 3.8) is 0 Å². The predicted octanol–water partition coefficient (Wildman–Crippen LogP) is -3.78. The summed E-state index contributed by atoms with van der Waals surface area (Å²) in [5.74, 6) is -5.41. The Morgan fingerprint density at radius 3 is 1.94 bits per heavy atom. The molecule has 0 aromatic rings. The number of rotatable bonds is 16. The van der Waals surface area contributed by atoms with Crippen LogP contribution in [0.2, 0.25) is 0 Å². The van der Waals surface area contributed by atoms with Gasteiger partial charge in [0.1, 0.15) is 24.2 Å². The van der Waals surface area contributed by atoms with Crippen molar-refractivity contribution in [1.29, 1.82) is 0 Å². The van der Waals surface area contributed by atoms with E-state index in [0.29, 0.717) is 19.4 Å². The van der Waals surface area contributed by atoms with E-state index in [1.54, 1.807) is 0 Å². The van der Waals surface area contributed by atoms with Crippen molar-refractivity contribution in [1.82, 2.24) is 16.0 Å². The molecule has 184 valence electrons. The van der Waals surface area contributed by atoms with Crippen molar-refractivity contribution in [3.8, 4) is 0 Å². The van der Waals surface area contributed by atoms with Gasteiger partial charge < -0.3 is 47.8 Å². The van der Waals surface area contributed by atoms with E-state index in [4.69, 9.17) is 21.7 Å². The molecule has 0 fully saturated rings. The van der Waals surface area contributed by atoms with Crippen LogP contribution in [0, 0.1) is 0 Å². The quantitative estimate of drug-likeness (QED) is 0.100. The van der Waals surface area contributed by atoms with Crippen LogP contribution in [0.25, 0.3) is 0 Å². The number of unbranched alkanes of at least 4 members (excludes halogenated alkanes) is 1. The Labute approximate surface area is 184 Å². The molecule has 0 aliphatic rings. The van der Waals surface area contributed by atoms with Crippen LogP contribution in [-0.2, 0) is 24.0 Å². The summed E-state index contributed by atoms with van der Waals surface area (Å²) in [6.07, 6.45) is -1.30. The average molecular weight is 463 g/mol. The first-order valence-corrected chi connectivity index (χ1v) is 10.0. The van der Waals surface area contributed by atoms with Crippen molar-refractivity contribution in [3.05, 3.63) is 0 Å². The van der Waals surface area contributed by atoms with Crippen LogP contribution in [0.4, 0.5) is 0 Å². The van der Waals surface area contributed by atoms with Crippen molar-refractivity contribution in [2.24, 2.45) is 11.5 Å². The third kappa shape index (κ3) is 11.0. The molecule has 5 atom stereocenters. The molecule has 0 aromatic heterocycles. The maximum absolute atomic E-state index is 12.6. The number of carboxylic acids is 2. The van der Waals surface area contributed by atoms with Gasteiger partial charge in [-0.3, -0.25) is 19.2 Å². The van der Waals surface area contributed by atoms with Crippen LogP contribution in [0.15, 0.2) is 0 Å². The molecule has 0 bridgehead atoms. The fourth-order valence-corrected chi connectivity index (χ4v) is 2.57. The number of carbonyl (C=O) groups excluding carboxylic acids is 3. The molecule has 0 spiro atoms. The summed E-state index contributed by atoms with van der Waals surface area (Å²) in [7, 11) is 0. The van der Waals surface area contributed by atoms with Gasteiger partial charge in [0.15, 0.2) is 0 Å². The van der Waals surface area contributed by atoms with Crippen molar-refractivity contribution >= 4 is 29.7 Å². The zero-order valence-corrected chi connectivity index (χ0v) is 17.8. The Morgan fingerprint density at radius 2 is 1.47 bits per heavy atom. The molecule has 0 aromatic carbocycles. The number of hydrogen-bond donors (Lipinski definition) is 9. The molecule has 0 saturated heterocycles. The second-order valence-corrected chi connectivity index (χ2v) is 7.19. The van der Waals surface area contributed by atoms with E-state index in [-0.39, 0.29) is 12.8 Å². The summed E-state index contributed by atoms with van der Waals surface area (Å²) in [5, 5.41) is 43.5. The number of aliphatic carboxylic acids is 2. The molecule has 0 heterocycles. The Kier molecular flexibility index (Phi) is 13.7. The fourth-order valence-electron chi connectivity index (χ4n) is 2.57. The van der Waals surface area contributed by atoms with E-state index in [1.807, 2.05) is 0 Å². The van der Waals surface area contributed by atoms with Gasteiger partial charge in [-0.15, -0.1) is 0 Å². The number of aliphatic hydroxyl groups excluding tert-OH is 2. The number of hydrogen-bond acceptors (Lipinski definition) is 9. The minimum atomic E-state index is -1.51. The lowest BCUT2D eigenvalue weighted by molar-refractivity contribution is -0.143. The summed E-state index contributed by atoms with van der Waals surface area (Å²) < 4.78 is 0. The van der Waals surface area contributed by atoms with Gasteiger partial charge in [-0.1, -0.05) is 0 Å². The normalized spacial score (nSPS) is 15.5. The molecular weight excluding hydrogens is 430 g/mol. The van der Waals surface area contributed by atoms with Gasteiger partial charge in [-0.2, -0.15) is 0 Å². The number of carboxylic acid groups (broad SMARTS) is 2. The van der Waals surface area contributed by atoms with E-state index in [2.05, 4.69) is 16.0 Å². The van der Waals surface area contributed by atoms with Crippen molar-refractivity contribution < 1.29 is 44.4 Å². The summed E-state index contributed by atoms with van der Waals surface area (Å²) in [6.45, 7) is 0.825. The van der Waals surface area contributed by atoms with Crippen LogP contribution in [0.5, 0.6) is 0 Å². The largest absolute Gasteiger partial charge is 0.481 e. The first kappa shape index (κ1) is 29.2. The van der Waals surface area contributed by atoms with E-state index in [1.165, 1.54) is 6.92 Å². The highest BCUT2D eigenvalue weighted by molar-refractivity contribution is 5.94. The lowest BCUT2D eigenvalue weighted by Crippen LogP contribution is -2.60. The molecule has 14 nitrogen and oxygen atoms in total. The third-order valence-corrected chi connectivity index (χ3v) is 4.44. The standard InChI is InChI=1S/C18H33N5O9/c1-9(25)14(23-15(28)10(20)8-24)17(30)21-11(4-2-3-7-19)16(29)22-12(18(31)32)5-6-13(26)27/h9-12,14,24-25H,2-8,19-20H2,1H3,(H,21,30)(H,22,29)(H,23,28)(H,26,27)(H,31,32). The molecule has 0 rings (SSSR count). The van der Waals surface area contributed by atoms with Gasteiger partial charge in [-0.25, -0.2) is 4.79 Å². The Balaban J connectivity index is 5.41. The molecule has 0 aliphatic heterocycles. The van der Waals surface area contributed by atoms with Gasteiger partial charge in [0.05, 0.1) is 12.7 Å². The van der Waals surface area contributed by atoms with Gasteiger partial charge in [0.25, 0.3) is 0 Å². The van der Waals surface area contributed by atoms with Crippen LogP contribution < -0.4 is 27.4 Å². The maximum Gasteiger partial charge on any atom is 0.326 e. The van der Waals surface area contributed by atoms with Gasteiger partial charge in [0.2, 0.25) is 17.7 Å². The van der Waals surface area contributed by atoms with Crippen molar-refractivity contribution in [2.45, 2.75) is 69.3 Å². The van der Waals surface area contributed by atoms with E-state index in [0.717, 1.165) is 0 Å². The smallest absolute Gasteiger partial charge is 0.326 e. The molecule has 0 saturated carbocycles. The molecule has 14 heteroatoms. The highest BCUT2D eigenvalue weighted by Crippen LogP contribution is 2.06. The van der Waals surface area contributed by atoms with Gasteiger partial charge in [-0.05, 0) is 39.2 Å². The monoisotopic (exact) mass is 463 g/mol. The summed E-state index contributed by atoms with van der Waals surface area (Å²) in [5.41, 5.74) is 10.8. The van der Waals surface area contributed by atoms with Crippen LogP contribution >= 0.6 is 0 Å². The SMILES string of the molecule is CC(O)C(NC(=O)C(N)CO)C(=O)NC(CCCCN)C(=O)NC(CCC(=O)O)C(=O)O. The second-order valence-electron chi connectivity index (χ2n) is 7.19. The second kappa shape index (κ2) is 15.1. The molecule has 5 unspecified atom stereocenters. The predicted molar refractivity (Wildman–Crippen MR) is 110 cm³/mol. The third-order valence-electron chi connectivity index (χ3n) is 4.44. The highest BCUT2D eigenvalue weighted by atomic mass is 16.4. The first-order valence-electron chi connectivity index (χ1n) is 10.0. The number of aliphatic hydroxyl groups is 2. The number of nitrogens with two attached hydrogens (primary N) is 2. The molecule has 3 amide bonds. The number of amides is 3. The van der Waals surface area contributed by atoms with Crippen LogP contribution in [-0.4, -0.2) is 93.5 Å².